The van der Waals surface area contributed by atoms with Crippen LogP contribution in [0.2, 0.25) is 0 Å². The molecule has 0 aromatic carbocycles. The molecule has 0 bridgehead atoms. The molecule has 2 rings (SSSR count). The molecule has 5 heteroatoms. The topological polar surface area (TPSA) is 24.9 Å². The lowest BCUT2D eigenvalue weighted by Gasteiger charge is -2.25. The lowest BCUT2D eigenvalue weighted by molar-refractivity contribution is 0.606. The monoisotopic (exact) mass is 288 g/mol. The van der Waals surface area contributed by atoms with Crippen molar-refractivity contribution in [3.05, 3.63) is 16.1 Å². The van der Waals surface area contributed by atoms with Crippen molar-refractivity contribution in [2.24, 2.45) is 0 Å². The third-order valence-electron chi connectivity index (χ3n) is 2.91. The summed E-state index contributed by atoms with van der Waals surface area (Å²) in [5.74, 6) is 2.55. The van der Waals surface area contributed by atoms with Gasteiger partial charge in [-0.3, -0.25) is 0 Å². The zero-order valence-electron chi connectivity index (χ0n) is 10.6. The highest BCUT2D eigenvalue weighted by Gasteiger charge is 2.27. The van der Waals surface area contributed by atoms with Crippen molar-refractivity contribution in [3.8, 4) is 0 Å². The zero-order valence-corrected chi connectivity index (χ0v) is 13.1. The van der Waals surface area contributed by atoms with Gasteiger partial charge in [0.1, 0.15) is 5.01 Å². The fourth-order valence-corrected chi connectivity index (χ4v) is 6.06. The largest absolute Gasteiger partial charge is 0.310 e. The van der Waals surface area contributed by atoms with Crippen molar-refractivity contribution in [3.63, 3.8) is 0 Å². The van der Waals surface area contributed by atoms with Crippen LogP contribution < -0.4 is 5.32 Å². The fourth-order valence-electron chi connectivity index (χ4n) is 1.94. The molecule has 1 aliphatic heterocycles. The Kier molecular flexibility index (Phi) is 5.21. The van der Waals surface area contributed by atoms with Gasteiger partial charge in [-0.05, 0) is 13.5 Å². The minimum atomic E-state index is 0.433. The molecule has 2 heterocycles. The van der Waals surface area contributed by atoms with Crippen LogP contribution in [0.1, 0.15) is 41.9 Å². The highest BCUT2D eigenvalue weighted by molar-refractivity contribution is 8.06. The quantitative estimate of drug-likeness (QED) is 0.913. The number of thiazole rings is 1. The summed E-state index contributed by atoms with van der Waals surface area (Å²) in [4.78, 5) is 6.00. The van der Waals surface area contributed by atoms with Crippen molar-refractivity contribution in [2.45, 2.75) is 37.3 Å². The summed E-state index contributed by atoms with van der Waals surface area (Å²) < 4.78 is 0. The van der Waals surface area contributed by atoms with Crippen LogP contribution in [0.25, 0.3) is 0 Å². The van der Waals surface area contributed by atoms with Crippen LogP contribution in [-0.4, -0.2) is 28.3 Å². The van der Waals surface area contributed by atoms with Crippen LogP contribution >= 0.6 is 34.9 Å². The van der Waals surface area contributed by atoms with Crippen LogP contribution in [0, 0.1) is 0 Å². The molecule has 3 atom stereocenters. The molecular formula is C12H20N2S3. The standard InChI is InChI=1S/C12H20N2S3/c1-4-13-8(2)10-7-14-12(17-10)11-9(3)15-5-6-16-11/h7-9,11,13H,4-6H2,1-3H3. The Morgan fingerprint density at radius 2 is 2.24 bits per heavy atom. The third-order valence-corrected chi connectivity index (χ3v) is 7.42. The highest BCUT2D eigenvalue weighted by atomic mass is 32.2. The SMILES string of the molecule is CCNC(C)c1cnc(C2SCCSC2C)s1. The first-order valence-electron chi connectivity index (χ1n) is 6.14. The van der Waals surface area contributed by atoms with Gasteiger partial charge in [0.05, 0.1) is 5.25 Å². The minimum Gasteiger partial charge on any atom is -0.310 e. The Morgan fingerprint density at radius 3 is 2.94 bits per heavy atom. The van der Waals surface area contributed by atoms with Gasteiger partial charge in [0.25, 0.3) is 0 Å². The van der Waals surface area contributed by atoms with Gasteiger partial charge in [-0.25, -0.2) is 4.98 Å². The molecule has 3 unspecified atom stereocenters. The van der Waals surface area contributed by atoms with Crippen molar-refractivity contribution in [2.75, 3.05) is 18.1 Å². The maximum Gasteiger partial charge on any atom is 0.107 e. The number of nitrogens with zero attached hydrogens (tertiary/aromatic N) is 1. The molecular weight excluding hydrogens is 268 g/mol. The second kappa shape index (κ2) is 6.45. The zero-order chi connectivity index (χ0) is 12.3. The maximum absolute atomic E-state index is 4.64. The molecule has 1 aromatic rings. The number of rotatable bonds is 4. The fraction of sp³-hybridized carbons (Fsp3) is 0.750. The molecule has 1 aromatic heterocycles. The molecule has 0 spiro atoms. The van der Waals surface area contributed by atoms with E-state index in [4.69, 9.17) is 0 Å². The van der Waals surface area contributed by atoms with Gasteiger partial charge in [0.2, 0.25) is 0 Å². The molecule has 2 nitrogen and oxygen atoms in total. The Bertz CT molecular complexity index is 353. The van der Waals surface area contributed by atoms with E-state index in [-0.39, 0.29) is 0 Å². The number of nitrogens with one attached hydrogen (secondary N) is 1. The van der Waals surface area contributed by atoms with Gasteiger partial charge in [-0.15, -0.1) is 23.1 Å². The first kappa shape index (κ1) is 13.7. The van der Waals surface area contributed by atoms with E-state index in [1.165, 1.54) is 21.4 Å². The second-order valence-corrected chi connectivity index (χ2v) is 8.08. The Hall–Kier alpha value is 0.290. The Labute approximate surface area is 116 Å². The number of thioether (sulfide) groups is 2. The van der Waals surface area contributed by atoms with Gasteiger partial charge < -0.3 is 5.32 Å². The van der Waals surface area contributed by atoms with Crippen LogP contribution in [0.4, 0.5) is 0 Å². The smallest absolute Gasteiger partial charge is 0.107 e. The summed E-state index contributed by atoms with van der Waals surface area (Å²) in [6, 6.07) is 0.433. The normalized spacial score (nSPS) is 27.0. The summed E-state index contributed by atoms with van der Waals surface area (Å²) in [5.41, 5.74) is 0. The molecule has 1 saturated heterocycles. The van der Waals surface area contributed by atoms with Crippen LogP contribution in [0.15, 0.2) is 6.20 Å². The molecule has 1 fully saturated rings. The molecule has 0 radical (unpaired) electrons. The molecule has 0 aliphatic carbocycles. The average Bonchev–Trinajstić information content (AvgIpc) is 2.79. The molecule has 0 amide bonds. The molecule has 1 aliphatic rings. The number of aromatic nitrogens is 1. The Balaban J connectivity index is 2.06. The van der Waals surface area contributed by atoms with Crippen LogP contribution in [-0.2, 0) is 0 Å². The predicted octanol–water partition coefficient (Wildman–Crippen LogP) is 3.72. The molecule has 0 saturated carbocycles. The number of hydrogen-bond donors (Lipinski definition) is 1. The van der Waals surface area contributed by atoms with Crippen molar-refractivity contribution in [1.82, 2.24) is 10.3 Å². The lowest BCUT2D eigenvalue weighted by atomic mass is 10.3. The second-order valence-electron chi connectivity index (χ2n) is 4.25. The van der Waals surface area contributed by atoms with Crippen LogP contribution in [0.3, 0.4) is 0 Å². The summed E-state index contributed by atoms with van der Waals surface area (Å²) in [7, 11) is 0. The number of hydrogen-bond acceptors (Lipinski definition) is 5. The molecule has 17 heavy (non-hydrogen) atoms. The van der Waals surface area contributed by atoms with Crippen molar-refractivity contribution >= 4 is 34.9 Å². The van der Waals surface area contributed by atoms with E-state index >= 15 is 0 Å². The van der Waals surface area contributed by atoms with Gasteiger partial charge in [0.15, 0.2) is 0 Å². The third kappa shape index (κ3) is 3.40. The van der Waals surface area contributed by atoms with E-state index in [0.717, 1.165) is 6.54 Å². The van der Waals surface area contributed by atoms with E-state index in [1.807, 2.05) is 11.3 Å². The predicted molar refractivity (Wildman–Crippen MR) is 81.3 cm³/mol. The summed E-state index contributed by atoms with van der Waals surface area (Å²) in [5, 5.41) is 6.06. The summed E-state index contributed by atoms with van der Waals surface area (Å²) in [6.07, 6.45) is 2.06. The van der Waals surface area contributed by atoms with E-state index in [9.17, 15) is 0 Å². The van der Waals surface area contributed by atoms with E-state index in [0.29, 0.717) is 16.5 Å². The first-order valence-corrected chi connectivity index (χ1v) is 9.06. The molecule has 1 N–H and O–H groups in total. The summed E-state index contributed by atoms with van der Waals surface area (Å²) in [6.45, 7) is 7.70. The summed E-state index contributed by atoms with van der Waals surface area (Å²) >= 11 is 6.03. The van der Waals surface area contributed by atoms with Crippen molar-refractivity contribution < 1.29 is 0 Å². The van der Waals surface area contributed by atoms with E-state index in [1.54, 1.807) is 0 Å². The van der Waals surface area contributed by atoms with Gasteiger partial charge in [-0.2, -0.15) is 11.8 Å². The van der Waals surface area contributed by atoms with E-state index < -0.39 is 0 Å². The minimum absolute atomic E-state index is 0.433. The lowest BCUT2D eigenvalue weighted by Crippen LogP contribution is -2.16. The van der Waals surface area contributed by atoms with Crippen LogP contribution in [0.5, 0.6) is 0 Å². The first-order chi connectivity index (χ1) is 8.22. The molecule has 96 valence electrons. The van der Waals surface area contributed by atoms with Gasteiger partial charge in [-0.1, -0.05) is 13.8 Å². The average molecular weight is 289 g/mol. The maximum atomic E-state index is 4.64. The van der Waals surface area contributed by atoms with Gasteiger partial charge >= 0.3 is 0 Å². The van der Waals surface area contributed by atoms with E-state index in [2.05, 4.69) is 60.8 Å². The van der Waals surface area contributed by atoms with Gasteiger partial charge in [0, 0.05) is 33.9 Å². The highest BCUT2D eigenvalue weighted by Crippen LogP contribution is 2.44. The Morgan fingerprint density at radius 1 is 1.47 bits per heavy atom. The van der Waals surface area contributed by atoms with Crippen molar-refractivity contribution in [1.29, 1.82) is 0 Å².